The van der Waals surface area contributed by atoms with E-state index in [1.807, 2.05) is 31.2 Å². The molecule has 6 heteroatoms. The van der Waals surface area contributed by atoms with Crippen LogP contribution < -0.4 is 9.47 Å². The Morgan fingerprint density at radius 3 is 2.79 bits per heavy atom. The Morgan fingerprint density at radius 2 is 1.96 bits per heavy atom. The SMILES string of the molecule is Cc1cc(C2=NC(=Cc3ccc4c(c3)OCO4)C(=O)O2)ccc1Br. The molecule has 0 unspecified atom stereocenters. The molecule has 0 radical (unpaired) electrons. The van der Waals surface area contributed by atoms with Crippen molar-refractivity contribution in [1.82, 2.24) is 0 Å². The Labute approximate surface area is 146 Å². The number of hydrogen-bond donors (Lipinski definition) is 0. The quantitative estimate of drug-likeness (QED) is 0.582. The van der Waals surface area contributed by atoms with Crippen molar-refractivity contribution in [3.63, 3.8) is 0 Å². The van der Waals surface area contributed by atoms with Gasteiger partial charge in [-0.25, -0.2) is 9.79 Å². The van der Waals surface area contributed by atoms with Crippen LogP contribution in [-0.2, 0) is 9.53 Å². The maximum Gasteiger partial charge on any atom is 0.363 e. The average Bonchev–Trinajstić information content (AvgIpc) is 3.17. The molecule has 2 aliphatic rings. The highest BCUT2D eigenvalue weighted by atomic mass is 79.9. The molecule has 2 aromatic carbocycles. The number of rotatable bonds is 2. The second kappa shape index (κ2) is 5.79. The Hall–Kier alpha value is -2.60. The van der Waals surface area contributed by atoms with Gasteiger partial charge in [-0.15, -0.1) is 0 Å². The van der Waals surface area contributed by atoms with E-state index < -0.39 is 5.97 Å². The normalized spacial score (nSPS) is 17.2. The Bertz CT molecular complexity index is 917. The lowest BCUT2D eigenvalue weighted by Gasteiger charge is -2.02. The monoisotopic (exact) mass is 385 g/mol. The summed E-state index contributed by atoms with van der Waals surface area (Å²) in [6, 6.07) is 11.1. The molecule has 5 nitrogen and oxygen atoms in total. The van der Waals surface area contributed by atoms with Crippen LogP contribution in [0.15, 0.2) is 51.6 Å². The molecule has 0 N–H and O–H groups in total. The van der Waals surface area contributed by atoms with Gasteiger partial charge in [0.15, 0.2) is 17.2 Å². The lowest BCUT2D eigenvalue weighted by molar-refractivity contribution is -0.129. The molecule has 0 aliphatic carbocycles. The largest absolute Gasteiger partial charge is 0.454 e. The molecule has 0 atom stereocenters. The first-order valence-corrected chi connectivity index (χ1v) is 8.08. The molecule has 0 bridgehead atoms. The second-order valence-electron chi connectivity index (χ2n) is 5.41. The fourth-order valence-corrected chi connectivity index (χ4v) is 2.72. The van der Waals surface area contributed by atoms with Gasteiger partial charge < -0.3 is 14.2 Å². The van der Waals surface area contributed by atoms with Gasteiger partial charge >= 0.3 is 5.97 Å². The predicted octanol–water partition coefficient (Wildman–Crippen LogP) is 3.83. The molecule has 2 aliphatic heterocycles. The first-order valence-electron chi connectivity index (χ1n) is 7.29. The van der Waals surface area contributed by atoms with Crippen LogP contribution in [0, 0.1) is 6.92 Å². The van der Waals surface area contributed by atoms with Crippen molar-refractivity contribution in [3.8, 4) is 11.5 Å². The van der Waals surface area contributed by atoms with Crippen LogP contribution in [0.5, 0.6) is 11.5 Å². The number of aliphatic imine (C=N–C) groups is 1. The summed E-state index contributed by atoms with van der Waals surface area (Å²) in [7, 11) is 0. The highest BCUT2D eigenvalue weighted by molar-refractivity contribution is 9.10. The number of hydrogen-bond acceptors (Lipinski definition) is 5. The van der Waals surface area contributed by atoms with Gasteiger partial charge in [-0.05, 0) is 54.5 Å². The van der Waals surface area contributed by atoms with Gasteiger partial charge in [-0.3, -0.25) is 0 Å². The van der Waals surface area contributed by atoms with Crippen molar-refractivity contribution in [2.24, 2.45) is 4.99 Å². The molecule has 4 rings (SSSR count). The minimum atomic E-state index is -0.469. The topological polar surface area (TPSA) is 57.1 Å². The Balaban J connectivity index is 1.67. The van der Waals surface area contributed by atoms with E-state index in [9.17, 15) is 4.79 Å². The lowest BCUT2D eigenvalue weighted by atomic mass is 10.1. The van der Waals surface area contributed by atoms with Crippen molar-refractivity contribution in [1.29, 1.82) is 0 Å². The number of carbonyl (C=O) groups is 1. The van der Waals surface area contributed by atoms with Crippen molar-refractivity contribution in [2.75, 3.05) is 6.79 Å². The lowest BCUT2D eigenvalue weighted by Crippen LogP contribution is -2.05. The van der Waals surface area contributed by atoms with Gasteiger partial charge in [0, 0.05) is 10.0 Å². The summed E-state index contributed by atoms with van der Waals surface area (Å²) in [5.41, 5.74) is 2.85. The van der Waals surface area contributed by atoms with E-state index in [2.05, 4.69) is 20.9 Å². The molecular formula is C18H12BrNO4. The number of fused-ring (bicyclic) bond motifs is 1. The van der Waals surface area contributed by atoms with E-state index in [0.29, 0.717) is 17.4 Å². The standard InChI is InChI=1S/C18H12BrNO4/c1-10-6-12(3-4-13(10)19)17-20-14(18(21)24-17)7-11-2-5-15-16(8-11)23-9-22-15/h2-8H,9H2,1H3. The predicted molar refractivity (Wildman–Crippen MR) is 92.1 cm³/mol. The molecule has 0 saturated heterocycles. The van der Waals surface area contributed by atoms with Crippen LogP contribution >= 0.6 is 15.9 Å². The zero-order chi connectivity index (χ0) is 16.7. The second-order valence-corrected chi connectivity index (χ2v) is 6.27. The minimum absolute atomic E-state index is 0.211. The van der Waals surface area contributed by atoms with Crippen molar-refractivity contribution >= 4 is 33.9 Å². The molecular weight excluding hydrogens is 374 g/mol. The maximum atomic E-state index is 12.1. The van der Waals surface area contributed by atoms with Crippen LogP contribution in [0.4, 0.5) is 0 Å². The fraction of sp³-hybridized carbons (Fsp3) is 0.111. The highest BCUT2D eigenvalue weighted by Crippen LogP contribution is 2.33. The molecule has 0 spiro atoms. The summed E-state index contributed by atoms with van der Waals surface area (Å²) in [6.07, 6.45) is 1.67. The number of halogens is 1. The summed E-state index contributed by atoms with van der Waals surface area (Å²) >= 11 is 3.45. The summed E-state index contributed by atoms with van der Waals surface area (Å²) < 4.78 is 16.9. The molecule has 0 aromatic heterocycles. The molecule has 0 amide bonds. The Morgan fingerprint density at radius 1 is 1.12 bits per heavy atom. The third-order valence-electron chi connectivity index (χ3n) is 3.73. The summed E-state index contributed by atoms with van der Waals surface area (Å²) in [6.45, 7) is 2.18. The Kier molecular flexibility index (Phi) is 3.61. The molecule has 24 heavy (non-hydrogen) atoms. The summed E-state index contributed by atoms with van der Waals surface area (Å²) in [4.78, 5) is 16.4. The smallest absolute Gasteiger partial charge is 0.363 e. The van der Waals surface area contributed by atoms with Gasteiger partial charge in [0.2, 0.25) is 12.7 Å². The van der Waals surface area contributed by atoms with E-state index in [1.54, 1.807) is 18.2 Å². The van der Waals surface area contributed by atoms with Gasteiger partial charge in [0.05, 0.1) is 0 Å². The van der Waals surface area contributed by atoms with E-state index in [4.69, 9.17) is 14.2 Å². The summed E-state index contributed by atoms with van der Waals surface area (Å²) in [5, 5.41) is 0. The molecule has 2 aromatic rings. The van der Waals surface area contributed by atoms with Gasteiger partial charge in [0.25, 0.3) is 0 Å². The van der Waals surface area contributed by atoms with Crippen LogP contribution in [-0.4, -0.2) is 18.7 Å². The van der Waals surface area contributed by atoms with E-state index in [0.717, 1.165) is 21.2 Å². The third-order valence-corrected chi connectivity index (χ3v) is 4.62. The van der Waals surface area contributed by atoms with E-state index >= 15 is 0 Å². The van der Waals surface area contributed by atoms with E-state index in [1.165, 1.54) is 0 Å². The molecule has 0 fully saturated rings. The number of nitrogens with zero attached hydrogens (tertiary/aromatic N) is 1. The van der Waals surface area contributed by atoms with Gasteiger partial charge in [-0.1, -0.05) is 22.0 Å². The minimum Gasteiger partial charge on any atom is -0.454 e. The number of carbonyl (C=O) groups excluding carboxylic acids is 1. The van der Waals surface area contributed by atoms with Crippen molar-refractivity contribution < 1.29 is 19.0 Å². The van der Waals surface area contributed by atoms with Crippen molar-refractivity contribution in [2.45, 2.75) is 6.92 Å². The van der Waals surface area contributed by atoms with E-state index in [-0.39, 0.29) is 12.5 Å². The number of esters is 1. The van der Waals surface area contributed by atoms with Gasteiger partial charge in [-0.2, -0.15) is 0 Å². The fourth-order valence-electron chi connectivity index (χ4n) is 2.47. The van der Waals surface area contributed by atoms with Crippen LogP contribution in [0.1, 0.15) is 16.7 Å². The number of cyclic esters (lactones) is 1. The van der Waals surface area contributed by atoms with Crippen LogP contribution in [0.2, 0.25) is 0 Å². The molecule has 2 heterocycles. The third kappa shape index (κ3) is 2.69. The average molecular weight is 386 g/mol. The number of benzene rings is 2. The first kappa shape index (κ1) is 15.0. The first-order chi connectivity index (χ1) is 11.6. The number of ether oxygens (including phenoxy) is 3. The maximum absolute atomic E-state index is 12.1. The zero-order valence-corrected chi connectivity index (χ0v) is 14.3. The number of aryl methyl sites for hydroxylation is 1. The highest BCUT2D eigenvalue weighted by Gasteiger charge is 2.24. The summed E-state index contributed by atoms with van der Waals surface area (Å²) in [5.74, 6) is 1.19. The molecule has 120 valence electrons. The van der Waals surface area contributed by atoms with Crippen molar-refractivity contribution in [3.05, 3.63) is 63.3 Å². The zero-order valence-electron chi connectivity index (χ0n) is 12.7. The van der Waals surface area contributed by atoms with Gasteiger partial charge in [0.1, 0.15) is 0 Å². The van der Waals surface area contributed by atoms with Crippen LogP contribution in [0.3, 0.4) is 0 Å². The molecule has 0 saturated carbocycles. The van der Waals surface area contributed by atoms with Crippen LogP contribution in [0.25, 0.3) is 6.08 Å².